The molecule has 0 saturated heterocycles. The van der Waals surface area contributed by atoms with Gasteiger partial charge in [0.15, 0.2) is 0 Å². The Morgan fingerprint density at radius 2 is 1.90 bits per heavy atom. The fourth-order valence-corrected chi connectivity index (χ4v) is 3.65. The molecule has 2 saturated carbocycles. The number of benzene rings is 1. The summed E-state index contributed by atoms with van der Waals surface area (Å²) in [5.41, 5.74) is 1.21. The Labute approximate surface area is 126 Å². The van der Waals surface area contributed by atoms with E-state index in [9.17, 15) is 9.90 Å². The van der Waals surface area contributed by atoms with Gasteiger partial charge in [0.25, 0.3) is 0 Å². The number of aliphatic hydroxyl groups excluding tert-OH is 1. The highest BCUT2D eigenvalue weighted by molar-refractivity contribution is 5.82. The van der Waals surface area contributed by atoms with Gasteiger partial charge in [-0.25, -0.2) is 0 Å². The monoisotopic (exact) mass is 287 g/mol. The molecule has 0 aromatic heterocycles. The molecule has 21 heavy (non-hydrogen) atoms. The molecule has 2 atom stereocenters. The van der Waals surface area contributed by atoms with E-state index in [1.165, 1.54) is 24.8 Å². The van der Waals surface area contributed by atoms with Gasteiger partial charge in [-0.1, -0.05) is 49.6 Å². The van der Waals surface area contributed by atoms with E-state index in [1.54, 1.807) is 0 Å². The van der Waals surface area contributed by atoms with Crippen molar-refractivity contribution in [3.63, 3.8) is 0 Å². The summed E-state index contributed by atoms with van der Waals surface area (Å²) in [5.74, 6) is 0.691. The summed E-state index contributed by atoms with van der Waals surface area (Å²) in [6.45, 7) is 0.834. The van der Waals surface area contributed by atoms with Crippen molar-refractivity contribution >= 4 is 5.91 Å². The molecule has 2 aliphatic carbocycles. The van der Waals surface area contributed by atoms with Crippen LogP contribution in [0.3, 0.4) is 0 Å². The van der Waals surface area contributed by atoms with Crippen LogP contribution in [0.5, 0.6) is 0 Å². The van der Waals surface area contributed by atoms with Gasteiger partial charge in [-0.15, -0.1) is 0 Å². The van der Waals surface area contributed by atoms with Gasteiger partial charge in [0.2, 0.25) is 5.91 Å². The van der Waals surface area contributed by atoms with Crippen LogP contribution in [0.4, 0.5) is 0 Å². The standard InChI is InChI=1S/C18H25NO2/c20-13-18(9-5-2-6-10-18)12-19-17(21)16-11-15(16)14-7-3-1-4-8-14/h1,3-4,7-8,15-16,20H,2,5-6,9-13H2,(H,19,21). The summed E-state index contributed by atoms with van der Waals surface area (Å²) in [4.78, 5) is 12.3. The first-order chi connectivity index (χ1) is 10.2. The highest BCUT2D eigenvalue weighted by Gasteiger charge is 2.44. The van der Waals surface area contributed by atoms with Gasteiger partial charge >= 0.3 is 0 Å². The van der Waals surface area contributed by atoms with Gasteiger partial charge in [-0.3, -0.25) is 4.79 Å². The molecule has 2 fully saturated rings. The second-order valence-electron chi connectivity index (χ2n) is 6.80. The fraction of sp³-hybridized carbons (Fsp3) is 0.611. The molecule has 3 heteroatoms. The topological polar surface area (TPSA) is 49.3 Å². The summed E-state index contributed by atoms with van der Waals surface area (Å²) in [6, 6.07) is 10.3. The predicted molar refractivity (Wildman–Crippen MR) is 82.9 cm³/mol. The summed E-state index contributed by atoms with van der Waals surface area (Å²) in [6.07, 6.45) is 6.64. The maximum Gasteiger partial charge on any atom is 0.223 e. The normalized spacial score (nSPS) is 27.1. The molecule has 1 aromatic rings. The minimum atomic E-state index is -0.0644. The zero-order valence-corrected chi connectivity index (χ0v) is 12.6. The zero-order chi connectivity index (χ0) is 14.7. The second-order valence-corrected chi connectivity index (χ2v) is 6.80. The maximum absolute atomic E-state index is 12.3. The first kappa shape index (κ1) is 14.6. The van der Waals surface area contributed by atoms with Gasteiger partial charge in [0.1, 0.15) is 0 Å². The Hall–Kier alpha value is -1.35. The minimum absolute atomic E-state index is 0.0644. The smallest absolute Gasteiger partial charge is 0.223 e. The lowest BCUT2D eigenvalue weighted by Crippen LogP contribution is -2.42. The lowest BCUT2D eigenvalue weighted by Gasteiger charge is -2.35. The number of carbonyl (C=O) groups is 1. The van der Waals surface area contributed by atoms with Gasteiger partial charge in [-0.2, -0.15) is 0 Å². The van der Waals surface area contributed by atoms with E-state index >= 15 is 0 Å². The summed E-state index contributed by atoms with van der Waals surface area (Å²) in [7, 11) is 0. The van der Waals surface area contributed by atoms with Crippen LogP contribution in [0, 0.1) is 11.3 Å². The largest absolute Gasteiger partial charge is 0.396 e. The molecule has 0 aliphatic heterocycles. The molecule has 1 aromatic carbocycles. The average molecular weight is 287 g/mol. The number of nitrogens with one attached hydrogen (secondary N) is 1. The molecular formula is C18H25NO2. The molecular weight excluding hydrogens is 262 g/mol. The number of carbonyl (C=O) groups excluding carboxylic acids is 1. The van der Waals surface area contributed by atoms with Gasteiger partial charge in [0, 0.05) is 17.9 Å². The van der Waals surface area contributed by atoms with Crippen LogP contribution in [-0.2, 0) is 4.79 Å². The molecule has 0 bridgehead atoms. The summed E-state index contributed by atoms with van der Waals surface area (Å²) < 4.78 is 0. The van der Waals surface area contributed by atoms with E-state index in [0.29, 0.717) is 12.5 Å². The van der Waals surface area contributed by atoms with Gasteiger partial charge in [-0.05, 0) is 30.7 Å². The third-order valence-corrected chi connectivity index (χ3v) is 5.24. The highest BCUT2D eigenvalue weighted by atomic mass is 16.3. The Morgan fingerprint density at radius 3 is 2.57 bits per heavy atom. The van der Waals surface area contributed by atoms with Crippen molar-refractivity contribution in [3.05, 3.63) is 35.9 Å². The number of hydrogen-bond acceptors (Lipinski definition) is 2. The molecule has 3 nitrogen and oxygen atoms in total. The van der Waals surface area contributed by atoms with E-state index < -0.39 is 0 Å². The molecule has 0 heterocycles. The quantitative estimate of drug-likeness (QED) is 0.875. The number of hydrogen-bond donors (Lipinski definition) is 2. The van der Waals surface area contributed by atoms with Crippen molar-refractivity contribution < 1.29 is 9.90 Å². The van der Waals surface area contributed by atoms with Crippen LogP contribution in [0.15, 0.2) is 30.3 Å². The van der Waals surface area contributed by atoms with Crippen molar-refractivity contribution in [1.82, 2.24) is 5.32 Å². The zero-order valence-electron chi connectivity index (χ0n) is 12.6. The van der Waals surface area contributed by atoms with Crippen molar-refractivity contribution in [1.29, 1.82) is 0 Å². The Kier molecular flexibility index (Phi) is 4.29. The van der Waals surface area contributed by atoms with E-state index in [4.69, 9.17) is 0 Å². The summed E-state index contributed by atoms with van der Waals surface area (Å²) in [5, 5.41) is 12.8. The van der Waals surface area contributed by atoms with E-state index in [-0.39, 0.29) is 23.8 Å². The van der Waals surface area contributed by atoms with Crippen LogP contribution in [-0.4, -0.2) is 24.2 Å². The average Bonchev–Trinajstić information content (AvgIpc) is 3.35. The third-order valence-electron chi connectivity index (χ3n) is 5.24. The molecule has 1 amide bonds. The lowest BCUT2D eigenvalue weighted by atomic mass is 9.74. The SMILES string of the molecule is O=C(NCC1(CO)CCCCC1)C1CC1c1ccccc1. The van der Waals surface area contributed by atoms with E-state index in [0.717, 1.165) is 19.3 Å². The third kappa shape index (κ3) is 3.29. The van der Waals surface area contributed by atoms with Crippen LogP contribution < -0.4 is 5.32 Å². The molecule has 114 valence electrons. The first-order valence-electron chi connectivity index (χ1n) is 8.18. The Morgan fingerprint density at radius 1 is 1.19 bits per heavy atom. The van der Waals surface area contributed by atoms with Crippen molar-refractivity contribution in [2.75, 3.05) is 13.2 Å². The summed E-state index contributed by atoms with van der Waals surface area (Å²) >= 11 is 0. The van der Waals surface area contributed by atoms with Crippen LogP contribution in [0.2, 0.25) is 0 Å². The molecule has 0 spiro atoms. The molecule has 2 N–H and O–H groups in total. The molecule has 3 rings (SSSR count). The van der Waals surface area contributed by atoms with Crippen molar-refractivity contribution in [3.8, 4) is 0 Å². The van der Waals surface area contributed by atoms with Crippen molar-refractivity contribution in [2.45, 2.75) is 44.4 Å². The molecule has 0 radical (unpaired) electrons. The fourth-order valence-electron chi connectivity index (χ4n) is 3.65. The van der Waals surface area contributed by atoms with E-state index in [2.05, 4.69) is 17.4 Å². The second kappa shape index (κ2) is 6.18. The van der Waals surface area contributed by atoms with Crippen LogP contribution >= 0.6 is 0 Å². The van der Waals surface area contributed by atoms with Gasteiger partial charge in [0.05, 0.1) is 6.61 Å². The number of rotatable bonds is 5. The highest BCUT2D eigenvalue weighted by Crippen LogP contribution is 2.47. The molecule has 2 unspecified atom stereocenters. The Balaban J connectivity index is 1.51. The minimum Gasteiger partial charge on any atom is -0.396 e. The van der Waals surface area contributed by atoms with Crippen LogP contribution in [0.25, 0.3) is 0 Å². The lowest BCUT2D eigenvalue weighted by molar-refractivity contribution is -0.123. The Bertz CT molecular complexity index is 479. The number of aliphatic hydroxyl groups is 1. The van der Waals surface area contributed by atoms with Crippen molar-refractivity contribution in [2.24, 2.45) is 11.3 Å². The predicted octanol–water partition coefficient (Wildman–Crippen LogP) is 2.85. The van der Waals surface area contributed by atoms with Gasteiger partial charge < -0.3 is 10.4 Å². The number of amides is 1. The first-order valence-corrected chi connectivity index (χ1v) is 8.18. The molecule has 2 aliphatic rings. The maximum atomic E-state index is 12.3. The van der Waals surface area contributed by atoms with Crippen LogP contribution in [0.1, 0.15) is 50.0 Å². The van der Waals surface area contributed by atoms with E-state index in [1.807, 2.05) is 18.2 Å².